The number of oxazole rings is 1. The van der Waals surface area contributed by atoms with Crippen molar-refractivity contribution in [3.8, 4) is 11.5 Å². The summed E-state index contributed by atoms with van der Waals surface area (Å²) in [6.07, 6.45) is 1.60. The molecule has 2 heterocycles. The summed E-state index contributed by atoms with van der Waals surface area (Å²) in [7, 11) is 0. The highest BCUT2D eigenvalue weighted by Gasteiger charge is 2.36. The van der Waals surface area contributed by atoms with Gasteiger partial charge in [0.1, 0.15) is 12.1 Å². The van der Waals surface area contributed by atoms with Gasteiger partial charge in [0.15, 0.2) is 0 Å². The molecule has 1 fully saturated rings. The molecule has 5 heteroatoms. The Bertz CT molecular complexity index is 569. The molecule has 1 aromatic heterocycles. The summed E-state index contributed by atoms with van der Waals surface area (Å²) in [6.45, 7) is 3.76. The number of benzene rings is 1. The average Bonchev–Trinajstić information content (AvgIpc) is 2.76. The van der Waals surface area contributed by atoms with Gasteiger partial charge in [-0.15, -0.1) is 0 Å². The molecule has 1 N–H and O–H groups in total. The molecule has 0 amide bonds. The molecule has 0 radical (unpaired) electrons. The summed E-state index contributed by atoms with van der Waals surface area (Å²) in [6, 6.07) is 6.04. The summed E-state index contributed by atoms with van der Waals surface area (Å²) >= 11 is 0. The van der Waals surface area contributed by atoms with Crippen LogP contribution >= 0.6 is 0 Å². The van der Waals surface area contributed by atoms with E-state index in [-0.39, 0.29) is 5.82 Å². The van der Waals surface area contributed by atoms with Crippen LogP contribution in [0, 0.1) is 5.82 Å². The van der Waals surface area contributed by atoms with E-state index < -0.39 is 5.60 Å². The van der Waals surface area contributed by atoms with E-state index in [1.54, 1.807) is 18.4 Å². The normalized spacial score (nSPS) is 18.3. The van der Waals surface area contributed by atoms with Crippen LogP contribution in [0.25, 0.3) is 11.5 Å². The lowest BCUT2D eigenvalue weighted by atomic mass is 9.97. The van der Waals surface area contributed by atoms with Crippen LogP contribution < -0.4 is 0 Å². The van der Waals surface area contributed by atoms with Crippen molar-refractivity contribution in [3.63, 3.8) is 0 Å². The zero-order valence-electron chi connectivity index (χ0n) is 10.6. The van der Waals surface area contributed by atoms with E-state index in [1.807, 2.05) is 6.92 Å². The molecule has 0 unspecified atom stereocenters. The second-order valence-electron chi connectivity index (χ2n) is 5.29. The van der Waals surface area contributed by atoms with Crippen molar-refractivity contribution < 1.29 is 13.9 Å². The van der Waals surface area contributed by atoms with Crippen LogP contribution in [-0.4, -0.2) is 33.7 Å². The maximum absolute atomic E-state index is 12.8. The molecule has 4 nitrogen and oxygen atoms in total. The number of aliphatic hydroxyl groups is 1. The van der Waals surface area contributed by atoms with Crippen LogP contribution in [0.4, 0.5) is 4.39 Å². The Labute approximate surface area is 110 Å². The number of nitrogens with zero attached hydrogens (tertiary/aromatic N) is 2. The van der Waals surface area contributed by atoms with Gasteiger partial charge in [-0.1, -0.05) is 0 Å². The zero-order valence-corrected chi connectivity index (χ0v) is 10.6. The maximum atomic E-state index is 12.8. The topological polar surface area (TPSA) is 49.5 Å². The Balaban J connectivity index is 1.68. The number of halogens is 1. The third-order valence-corrected chi connectivity index (χ3v) is 3.16. The van der Waals surface area contributed by atoms with E-state index in [0.29, 0.717) is 25.5 Å². The van der Waals surface area contributed by atoms with Gasteiger partial charge in [-0.05, 0) is 31.2 Å². The summed E-state index contributed by atoms with van der Waals surface area (Å²) < 4.78 is 18.2. The number of hydrogen-bond acceptors (Lipinski definition) is 4. The average molecular weight is 262 g/mol. The molecule has 0 atom stereocenters. The molecule has 1 aliphatic rings. The highest BCUT2D eigenvalue weighted by atomic mass is 19.1. The lowest BCUT2D eigenvalue weighted by Crippen LogP contribution is -2.59. The van der Waals surface area contributed by atoms with Crippen molar-refractivity contribution in [2.45, 2.75) is 19.1 Å². The van der Waals surface area contributed by atoms with E-state index in [1.165, 1.54) is 12.1 Å². The highest BCUT2D eigenvalue weighted by molar-refractivity contribution is 5.52. The van der Waals surface area contributed by atoms with Crippen LogP contribution in [0.1, 0.15) is 12.6 Å². The largest absolute Gasteiger partial charge is 0.444 e. The molecule has 1 saturated heterocycles. The molecule has 0 aliphatic carbocycles. The molecule has 0 saturated carbocycles. The van der Waals surface area contributed by atoms with Gasteiger partial charge in [-0.2, -0.15) is 0 Å². The lowest BCUT2D eigenvalue weighted by molar-refractivity contribution is -0.0875. The predicted molar refractivity (Wildman–Crippen MR) is 67.8 cm³/mol. The van der Waals surface area contributed by atoms with Crippen LogP contribution in [-0.2, 0) is 6.54 Å². The van der Waals surface area contributed by atoms with Gasteiger partial charge >= 0.3 is 0 Å². The monoisotopic (exact) mass is 262 g/mol. The van der Waals surface area contributed by atoms with E-state index >= 15 is 0 Å². The van der Waals surface area contributed by atoms with Gasteiger partial charge in [-0.3, -0.25) is 4.90 Å². The Morgan fingerprint density at radius 2 is 2.05 bits per heavy atom. The lowest BCUT2D eigenvalue weighted by Gasteiger charge is -2.43. The first-order valence-electron chi connectivity index (χ1n) is 6.17. The number of likely N-dealkylation sites (tertiary alicyclic amines) is 1. The Morgan fingerprint density at radius 1 is 1.37 bits per heavy atom. The van der Waals surface area contributed by atoms with E-state index in [0.717, 1.165) is 11.3 Å². The quantitative estimate of drug-likeness (QED) is 0.919. The van der Waals surface area contributed by atoms with Crippen molar-refractivity contribution in [2.75, 3.05) is 13.1 Å². The Hall–Kier alpha value is -1.72. The minimum Gasteiger partial charge on any atom is -0.444 e. The standard InChI is InChI=1S/C14H15FN2O2/c1-14(18)8-17(9-14)6-12-7-19-13(16-12)10-2-4-11(15)5-3-10/h2-5,7,18H,6,8-9H2,1H3. The predicted octanol–water partition coefficient (Wildman–Crippen LogP) is 2.05. The fourth-order valence-corrected chi connectivity index (χ4v) is 2.36. The molecule has 1 aliphatic heterocycles. The van der Waals surface area contributed by atoms with E-state index in [4.69, 9.17) is 4.42 Å². The van der Waals surface area contributed by atoms with Crippen molar-refractivity contribution in [3.05, 3.63) is 42.0 Å². The fourth-order valence-electron chi connectivity index (χ4n) is 2.36. The second-order valence-corrected chi connectivity index (χ2v) is 5.29. The third-order valence-electron chi connectivity index (χ3n) is 3.16. The van der Waals surface area contributed by atoms with Crippen LogP contribution in [0.3, 0.4) is 0 Å². The summed E-state index contributed by atoms with van der Waals surface area (Å²) in [4.78, 5) is 6.46. The van der Waals surface area contributed by atoms with Crippen molar-refractivity contribution in [2.24, 2.45) is 0 Å². The Morgan fingerprint density at radius 3 is 2.68 bits per heavy atom. The van der Waals surface area contributed by atoms with Crippen LogP contribution in [0.15, 0.2) is 34.9 Å². The molecule has 19 heavy (non-hydrogen) atoms. The summed E-state index contributed by atoms with van der Waals surface area (Å²) in [5, 5.41) is 9.65. The highest BCUT2D eigenvalue weighted by Crippen LogP contribution is 2.24. The molecule has 0 spiro atoms. The summed E-state index contributed by atoms with van der Waals surface area (Å²) in [5.41, 5.74) is 0.988. The van der Waals surface area contributed by atoms with Crippen LogP contribution in [0.2, 0.25) is 0 Å². The van der Waals surface area contributed by atoms with Gasteiger partial charge in [0, 0.05) is 25.2 Å². The first kappa shape index (κ1) is 12.3. The first-order valence-corrected chi connectivity index (χ1v) is 6.17. The van der Waals surface area contributed by atoms with E-state index in [2.05, 4.69) is 9.88 Å². The zero-order chi connectivity index (χ0) is 13.5. The van der Waals surface area contributed by atoms with Gasteiger partial charge in [-0.25, -0.2) is 9.37 Å². The van der Waals surface area contributed by atoms with Gasteiger partial charge in [0.05, 0.1) is 11.3 Å². The maximum Gasteiger partial charge on any atom is 0.226 e. The third kappa shape index (κ3) is 2.67. The van der Waals surface area contributed by atoms with Crippen LogP contribution in [0.5, 0.6) is 0 Å². The molecule has 1 aromatic carbocycles. The molecular weight excluding hydrogens is 247 g/mol. The SMILES string of the molecule is CC1(O)CN(Cc2coc(-c3ccc(F)cc3)n2)C1. The number of β-amino-alcohol motifs (C(OH)–C–C–N with tert-alkyl or cyclic N) is 1. The van der Waals surface area contributed by atoms with Gasteiger partial charge in [0.2, 0.25) is 5.89 Å². The number of rotatable bonds is 3. The molecule has 3 rings (SSSR count). The molecule has 2 aromatic rings. The van der Waals surface area contributed by atoms with E-state index in [9.17, 15) is 9.50 Å². The number of aromatic nitrogens is 1. The molecule has 100 valence electrons. The minimum atomic E-state index is -0.580. The van der Waals surface area contributed by atoms with Crippen molar-refractivity contribution in [1.29, 1.82) is 0 Å². The second kappa shape index (κ2) is 4.43. The first-order chi connectivity index (χ1) is 9.02. The Kier molecular flexibility index (Phi) is 2.88. The fraction of sp³-hybridized carbons (Fsp3) is 0.357. The van der Waals surface area contributed by atoms with Gasteiger partial charge < -0.3 is 9.52 Å². The summed E-state index contributed by atoms with van der Waals surface area (Å²) in [5.74, 6) is 0.209. The smallest absolute Gasteiger partial charge is 0.226 e. The van der Waals surface area contributed by atoms with Crippen molar-refractivity contribution >= 4 is 0 Å². The number of hydrogen-bond donors (Lipinski definition) is 1. The minimum absolute atomic E-state index is 0.279. The van der Waals surface area contributed by atoms with Crippen molar-refractivity contribution in [1.82, 2.24) is 9.88 Å². The molecule has 0 bridgehead atoms. The molecular formula is C14H15FN2O2. The van der Waals surface area contributed by atoms with Gasteiger partial charge in [0.25, 0.3) is 0 Å².